The molecule has 1 N–H and O–H groups in total. The van der Waals surface area contributed by atoms with Crippen molar-refractivity contribution < 1.29 is 4.21 Å². The predicted octanol–water partition coefficient (Wildman–Crippen LogP) is -0.341. The highest BCUT2D eigenvalue weighted by molar-refractivity contribution is 7.86. The lowest BCUT2D eigenvalue weighted by Crippen LogP contribution is -2.50. The van der Waals surface area contributed by atoms with Gasteiger partial charge in [0.25, 0.3) is 0 Å². The van der Waals surface area contributed by atoms with Crippen molar-refractivity contribution in [1.29, 1.82) is 0 Å². The Morgan fingerprint density at radius 1 is 1.54 bits per heavy atom. The normalized spacial score (nSPS) is 39.4. The molecule has 2 saturated heterocycles. The average Bonchev–Trinajstić information content (AvgIpc) is 2.51. The van der Waals surface area contributed by atoms with E-state index in [1.165, 1.54) is 26.1 Å². The van der Waals surface area contributed by atoms with E-state index in [4.69, 9.17) is 0 Å². The van der Waals surface area contributed by atoms with Gasteiger partial charge < -0.3 is 10.2 Å². The molecule has 0 aromatic carbocycles. The van der Waals surface area contributed by atoms with Gasteiger partial charge in [-0.1, -0.05) is 0 Å². The second-order valence-electron chi connectivity index (χ2n) is 4.23. The smallest absolute Gasteiger partial charge is 0.0400 e. The minimum atomic E-state index is -0.503. The molecule has 0 saturated carbocycles. The van der Waals surface area contributed by atoms with Crippen molar-refractivity contribution in [1.82, 2.24) is 10.2 Å². The second-order valence-corrected chi connectivity index (χ2v) is 5.77. The Morgan fingerprint density at radius 3 is 2.85 bits per heavy atom. The van der Waals surface area contributed by atoms with Crippen molar-refractivity contribution in [3.8, 4) is 0 Å². The van der Waals surface area contributed by atoms with Crippen LogP contribution in [0.15, 0.2) is 0 Å². The van der Waals surface area contributed by atoms with Crippen LogP contribution in [0.1, 0.15) is 6.42 Å². The Balaban J connectivity index is 1.71. The largest absolute Gasteiger partial charge is 0.316 e. The van der Waals surface area contributed by atoms with Crippen LogP contribution < -0.4 is 5.32 Å². The number of nitrogens with one attached hydrogen (secondary N) is 1. The molecule has 3 nitrogen and oxygen atoms in total. The molecule has 1 unspecified atom stereocenters. The molecule has 2 heterocycles. The van der Waals surface area contributed by atoms with Crippen LogP contribution in [0.4, 0.5) is 0 Å². The maximum atomic E-state index is 10.9. The van der Waals surface area contributed by atoms with E-state index < -0.39 is 10.8 Å². The highest BCUT2D eigenvalue weighted by Gasteiger charge is 2.30. The van der Waals surface area contributed by atoms with Crippen molar-refractivity contribution in [2.45, 2.75) is 12.5 Å². The van der Waals surface area contributed by atoms with Crippen LogP contribution in [0.2, 0.25) is 0 Å². The quantitative estimate of drug-likeness (QED) is 0.679. The molecular weight excluding hydrogens is 184 g/mol. The van der Waals surface area contributed by atoms with Crippen molar-refractivity contribution in [2.75, 3.05) is 38.2 Å². The van der Waals surface area contributed by atoms with E-state index in [9.17, 15) is 4.21 Å². The zero-order valence-corrected chi connectivity index (χ0v) is 8.98. The molecule has 1 atom stereocenters. The Morgan fingerprint density at radius 2 is 2.31 bits per heavy atom. The molecule has 0 aliphatic carbocycles. The van der Waals surface area contributed by atoms with Gasteiger partial charge in [0, 0.05) is 34.9 Å². The summed E-state index contributed by atoms with van der Waals surface area (Å²) in [5, 5.41) is 3.37. The van der Waals surface area contributed by atoms with Crippen molar-refractivity contribution >= 4 is 10.8 Å². The van der Waals surface area contributed by atoms with Gasteiger partial charge >= 0.3 is 0 Å². The molecular formula is C9H18N2OS. The van der Waals surface area contributed by atoms with Gasteiger partial charge in [-0.2, -0.15) is 0 Å². The van der Waals surface area contributed by atoms with Crippen LogP contribution in [-0.4, -0.2) is 53.3 Å². The third-order valence-corrected chi connectivity index (χ3v) is 4.60. The Bertz CT molecular complexity index is 196. The maximum absolute atomic E-state index is 10.9. The summed E-state index contributed by atoms with van der Waals surface area (Å²) in [7, 11) is 1.66. The summed E-state index contributed by atoms with van der Waals surface area (Å²) in [5.41, 5.74) is 0. The lowest BCUT2D eigenvalue weighted by Gasteiger charge is -2.35. The van der Waals surface area contributed by atoms with Crippen LogP contribution >= 0.6 is 0 Å². The van der Waals surface area contributed by atoms with Crippen molar-refractivity contribution in [2.24, 2.45) is 5.92 Å². The number of nitrogens with zero attached hydrogens (tertiary/aromatic N) is 1. The van der Waals surface area contributed by atoms with Crippen LogP contribution in [0, 0.1) is 5.92 Å². The van der Waals surface area contributed by atoms with Crippen LogP contribution in [0.3, 0.4) is 0 Å². The summed E-state index contributed by atoms with van der Waals surface area (Å²) in [6, 6.07) is 0.599. The van der Waals surface area contributed by atoms with Gasteiger partial charge in [0.05, 0.1) is 0 Å². The number of hydrogen-bond donors (Lipinski definition) is 1. The standard InChI is InChI=1S/C9H18N2OS/c1-11(9-6-13(12)7-9)5-8-2-3-10-4-8/h8-10H,2-7H2,1H3. The topological polar surface area (TPSA) is 32.3 Å². The van der Waals surface area contributed by atoms with Gasteiger partial charge in [-0.3, -0.25) is 4.21 Å². The van der Waals surface area contributed by atoms with Crippen molar-refractivity contribution in [3.63, 3.8) is 0 Å². The Hall–Kier alpha value is 0.0700. The van der Waals surface area contributed by atoms with E-state index in [2.05, 4.69) is 17.3 Å². The average molecular weight is 202 g/mol. The molecule has 0 bridgehead atoms. The van der Waals surface area contributed by atoms with E-state index in [-0.39, 0.29) is 0 Å². The highest BCUT2D eigenvalue weighted by atomic mass is 32.2. The third-order valence-electron chi connectivity index (χ3n) is 3.09. The molecule has 0 aromatic heterocycles. The summed E-state index contributed by atoms with van der Waals surface area (Å²) >= 11 is 0. The molecule has 4 heteroatoms. The summed E-state index contributed by atoms with van der Waals surface area (Å²) in [5.74, 6) is 2.62. The zero-order chi connectivity index (χ0) is 9.26. The number of rotatable bonds is 3. The van der Waals surface area contributed by atoms with E-state index in [1.807, 2.05) is 0 Å². The fraction of sp³-hybridized carbons (Fsp3) is 1.00. The van der Waals surface area contributed by atoms with Crippen LogP contribution in [-0.2, 0) is 10.8 Å². The first-order chi connectivity index (χ1) is 6.25. The van der Waals surface area contributed by atoms with Crippen LogP contribution in [0.5, 0.6) is 0 Å². The first-order valence-electron chi connectivity index (χ1n) is 5.01. The molecule has 2 fully saturated rings. The number of hydrogen-bond acceptors (Lipinski definition) is 3. The van der Waals surface area contributed by atoms with Gasteiger partial charge in [0.15, 0.2) is 0 Å². The SMILES string of the molecule is CN(CC1CCNC1)C1CS(=O)C1. The fourth-order valence-corrected chi connectivity index (χ4v) is 3.33. The van der Waals surface area contributed by atoms with Crippen molar-refractivity contribution in [3.05, 3.63) is 0 Å². The van der Waals surface area contributed by atoms with Crippen LogP contribution in [0.25, 0.3) is 0 Å². The first-order valence-corrected chi connectivity index (χ1v) is 6.50. The van der Waals surface area contributed by atoms with Gasteiger partial charge in [0.2, 0.25) is 0 Å². The van der Waals surface area contributed by atoms with E-state index >= 15 is 0 Å². The van der Waals surface area contributed by atoms with Gasteiger partial charge in [0.1, 0.15) is 0 Å². The molecule has 0 radical (unpaired) electrons. The van der Waals surface area contributed by atoms with E-state index in [0.717, 1.165) is 17.4 Å². The predicted molar refractivity (Wildman–Crippen MR) is 55.3 cm³/mol. The van der Waals surface area contributed by atoms with E-state index in [1.54, 1.807) is 0 Å². The Kier molecular flexibility index (Phi) is 3.01. The summed E-state index contributed by atoms with van der Waals surface area (Å²) < 4.78 is 10.9. The molecule has 0 spiro atoms. The minimum Gasteiger partial charge on any atom is -0.316 e. The first kappa shape index (κ1) is 9.62. The maximum Gasteiger partial charge on any atom is 0.0400 e. The summed E-state index contributed by atoms with van der Waals surface area (Å²) in [4.78, 5) is 2.39. The minimum absolute atomic E-state index is 0.503. The zero-order valence-electron chi connectivity index (χ0n) is 8.16. The molecule has 76 valence electrons. The molecule has 0 aromatic rings. The molecule has 2 aliphatic heterocycles. The lowest BCUT2D eigenvalue weighted by atomic mass is 10.1. The van der Waals surface area contributed by atoms with E-state index in [0.29, 0.717) is 6.04 Å². The molecule has 13 heavy (non-hydrogen) atoms. The second kappa shape index (κ2) is 4.07. The van der Waals surface area contributed by atoms with Gasteiger partial charge in [-0.15, -0.1) is 0 Å². The summed E-state index contributed by atoms with van der Waals surface area (Å²) in [6.45, 7) is 3.52. The highest BCUT2D eigenvalue weighted by Crippen LogP contribution is 2.16. The molecule has 2 rings (SSSR count). The monoisotopic (exact) mass is 202 g/mol. The van der Waals surface area contributed by atoms with Gasteiger partial charge in [-0.05, 0) is 32.5 Å². The molecule has 0 amide bonds. The van der Waals surface area contributed by atoms with Gasteiger partial charge in [-0.25, -0.2) is 0 Å². The Labute approximate surface area is 82.3 Å². The fourth-order valence-electron chi connectivity index (χ4n) is 2.06. The summed E-state index contributed by atoms with van der Waals surface area (Å²) in [6.07, 6.45) is 1.31. The third kappa shape index (κ3) is 2.30. The molecule has 2 aliphatic rings. The lowest BCUT2D eigenvalue weighted by molar-refractivity contribution is 0.232.